The fraction of sp³-hybridized carbons (Fsp3) is 0.889. The number of alkyl halides is 1. The van der Waals surface area contributed by atoms with Crippen molar-refractivity contribution in [1.29, 1.82) is 0 Å². The van der Waals surface area contributed by atoms with Gasteiger partial charge in [-0.3, -0.25) is 4.79 Å². The molecule has 11 heteroatoms. The second-order valence-electron chi connectivity index (χ2n) is 4.46. The zero-order chi connectivity index (χ0) is 15.6. The molecule has 0 aliphatic carbocycles. The average molecular weight is 331 g/mol. The Hall–Kier alpha value is -0.780. The fourth-order valence-corrected chi connectivity index (χ4v) is 3.62. The van der Waals surface area contributed by atoms with Gasteiger partial charge in [0.25, 0.3) is 11.4 Å². The van der Waals surface area contributed by atoms with Gasteiger partial charge in [0.2, 0.25) is 10.0 Å². The lowest BCUT2D eigenvalue weighted by atomic mass is 10.3. The number of nitrogens with zero attached hydrogens (tertiary/aromatic N) is 2. The predicted molar refractivity (Wildman–Crippen MR) is 70.7 cm³/mol. The summed E-state index contributed by atoms with van der Waals surface area (Å²) in [5.41, 5.74) is 2.41. The molecule has 0 aromatic carbocycles. The molecule has 0 saturated carbocycles. The number of nitrogens with two attached hydrogens (primary N) is 1. The number of sulfonamides is 1. The number of halogens is 1. The molecule has 2 N–H and O–H groups in total. The van der Waals surface area contributed by atoms with E-state index in [0.717, 1.165) is 15.5 Å². The van der Waals surface area contributed by atoms with Crippen molar-refractivity contribution in [1.82, 2.24) is 9.21 Å². The Bertz CT molecular complexity index is 554. The van der Waals surface area contributed by atoms with E-state index in [2.05, 4.69) is 0 Å². The molecule has 118 valence electrons. The van der Waals surface area contributed by atoms with E-state index in [1.54, 1.807) is 0 Å². The minimum atomic E-state index is -4.22. The Kier molecular flexibility index (Phi) is 5.46. The van der Waals surface area contributed by atoms with Crippen LogP contribution in [0.1, 0.15) is 0 Å². The number of amides is 1. The highest BCUT2D eigenvalue weighted by Crippen LogP contribution is 2.12. The Labute approximate surface area is 117 Å². The number of hydrogen-bond acceptors (Lipinski definition) is 6. The molecule has 1 aliphatic rings. The number of carbonyl (C=O) groups excluding carboxylic acids is 1. The smallest absolute Gasteiger partial charge is 0.278 e. The van der Waals surface area contributed by atoms with Gasteiger partial charge in [0.15, 0.2) is 9.84 Å². The average Bonchev–Trinajstić information content (AvgIpc) is 2.36. The number of piperazine rings is 1. The van der Waals surface area contributed by atoms with E-state index in [1.165, 1.54) is 0 Å². The van der Waals surface area contributed by atoms with Crippen molar-refractivity contribution in [3.05, 3.63) is 0 Å². The number of rotatable bonds is 5. The van der Waals surface area contributed by atoms with Crippen molar-refractivity contribution in [3.63, 3.8) is 0 Å². The molecule has 1 heterocycles. The normalized spacial score (nSPS) is 19.9. The van der Waals surface area contributed by atoms with Crippen LogP contribution < -0.4 is 5.73 Å². The van der Waals surface area contributed by atoms with Crippen LogP contribution in [0, 0.1) is 0 Å². The van der Waals surface area contributed by atoms with Crippen molar-refractivity contribution >= 4 is 25.8 Å². The summed E-state index contributed by atoms with van der Waals surface area (Å²) in [5.74, 6) is -1.77. The molecular weight excluding hydrogens is 313 g/mol. The first-order chi connectivity index (χ1) is 9.09. The molecule has 0 bridgehead atoms. The summed E-state index contributed by atoms with van der Waals surface area (Å²) in [6.07, 6.45) is 1.04. The molecule has 1 aliphatic heterocycles. The Morgan fingerprint density at radius 2 is 1.70 bits per heavy atom. The van der Waals surface area contributed by atoms with Crippen LogP contribution in [-0.4, -0.2) is 82.2 Å². The molecule has 1 unspecified atom stereocenters. The van der Waals surface area contributed by atoms with Crippen molar-refractivity contribution in [3.8, 4) is 0 Å². The van der Waals surface area contributed by atoms with Gasteiger partial charge in [-0.2, -0.15) is 4.31 Å². The maximum absolute atomic E-state index is 13.7. The topological polar surface area (TPSA) is 118 Å². The molecule has 0 spiro atoms. The quantitative estimate of drug-likeness (QED) is 0.608. The summed E-state index contributed by atoms with van der Waals surface area (Å²) in [6, 6.07) is 0. The third-order valence-corrected chi connectivity index (χ3v) is 5.87. The fourth-order valence-electron chi connectivity index (χ4n) is 1.81. The van der Waals surface area contributed by atoms with E-state index >= 15 is 0 Å². The molecule has 1 atom stereocenters. The first-order valence-corrected chi connectivity index (χ1v) is 9.45. The molecule has 0 aromatic rings. The van der Waals surface area contributed by atoms with Gasteiger partial charge in [0, 0.05) is 32.7 Å². The lowest BCUT2D eigenvalue weighted by Crippen LogP contribution is -2.53. The number of sulfone groups is 1. The van der Waals surface area contributed by atoms with Crippen LogP contribution in [0.4, 0.5) is 4.39 Å². The molecule has 8 nitrogen and oxygen atoms in total. The Morgan fingerprint density at radius 1 is 1.20 bits per heavy atom. The maximum atomic E-state index is 13.7. The molecule has 1 saturated heterocycles. The Morgan fingerprint density at radius 3 is 2.10 bits per heavy atom. The first kappa shape index (κ1) is 17.3. The summed E-state index contributed by atoms with van der Waals surface area (Å²) < 4.78 is 60.3. The molecule has 1 fully saturated rings. The molecule has 0 radical (unpaired) electrons. The van der Waals surface area contributed by atoms with Crippen molar-refractivity contribution in [2.45, 2.75) is 5.50 Å². The van der Waals surface area contributed by atoms with Crippen LogP contribution in [-0.2, 0) is 24.7 Å². The van der Waals surface area contributed by atoms with Gasteiger partial charge >= 0.3 is 0 Å². The van der Waals surface area contributed by atoms with E-state index in [1.807, 2.05) is 0 Å². The van der Waals surface area contributed by atoms with E-state index in [0.29, 0.717) is 0 Å². The summed E-state index contributed by atoms with van der Waals surface area (Å²) in [6.45, 7) is -0.296. The van der Waals surface area contributed by atoms with Crippen LogP contribution in [0.5, 0.6) is 0 Å². The second-order valence-corrected chi connectivity index (χ2v) is 8.59. The maximum Gasteiger partial charge on any atom is 0.278 e. The van der Waals surface area contributed by atoms with Gasteiger partial charge in [-0.1, -0.05) is 0 Å². The summed E-state index contributed by atoms with van der Waals surface area (Å²) in [5, 5.41) is 0. The van der Waals surface area contributed by atoms with Gasteiger partial charge in [0.1, 0.15) is 0 Å². The third-order valence-electron chi connectivity index (χ3n) is 2.93. The van der Waals surface area contributed by atoms with Crippen LogP contribution in [0.3, 0.4) is 0 Å². The number of carbonyl (C=O) groups is 1. The third kappa shape index (κ3) is 4.11. The van der Waals surface area contributed by atoms with Crippen molar-refractivity contribution in [2.75, 3.05) is 44.7 Å². The van der Waals surface area contributed by atoms with Gasteiger partial charge in [-0.05, 0) is 0 Å². The SMILES string of the molecule is CS(=O)(=O)N1CCN(C(=O)C(F)S(=O)(=O)CCN)CC1. The highest BCUT2D eigenvalue weighted by atomic mass is 32.2. The highest BCUT2D eigenvalue weighted by molar-refractivity contribution is 7.92. The predicted octanol–water partition coefficient (Wildman–Crippen LogP) is -2.24. The molecule has 0 aromatic heterocycles. The molecule has 1 amide bonds. The lowest BCUT2D eigenvalue weighted by Gasteiger charge is -2.33. The highest BCUT2D eigenvalue weighted by Gasteiger charge is 2.37. The monoisotopic (exact) mass is 331 g/mol. The van der Waals surface area contributed by atoms with E-state index in [-0.39, 0.29) is 32.7 Å². The molecular formula is C9H18FN3O5S2. The second kappa shape index (κ2) is 6.33. The van der Waals surface area contributed by atoms with Gasteiger partial charge in [-0.15, -0.1) is 0 Å². The van der Waals surface area contributed by atoms with E-state index in [4.69, 9.17) is 5.73 Å². The molecule has 1 rings (SSSR count). The minimum Gasteiger partial charge on any atom is -0.337 e. The summed E-state index contributed by atoms with van der Waals surface area (Å²) in [7, 11) is -7.58. The van der Waals surface area contributed by atoms with Crippen LogP contribution in [0.15, 0.2) is 0 Å². The van der Waals surface area contributed by atoms with Gasteiger partial charge in [0.05, 0.1) is 12.0 Å². The van der Waals surface area contributed by atoms with Gasteiger partial charge < -0.3 is 10.6 Å². The largest absolute Gasteiger partial charge is 0.337 e. The zero-order valence-electron chi connectivity index (χ0n) is 11.0. The zero-order valence-corrected chi connectivity index (χ0v) is 12.7. The van der Waals surface area contributed by atoms with Gasteiger partial charge in [-0.25, -0.2) is 21.2 Å². The Balaban J connectivity index is 2.68. The van der Waals surface area contributed by atoms with E-state index in [9.17, 15) is 26.0 Å². The summed E-state index contributed by atoms with van der Waals surface area (Å²) in [4.78, 5) is 12.8. The minimum absolute atomic E-state index is 0.0221. The van der Waals surface area contributed by atoms with Crippen molar-refractivity contribution < 1.29 is 26.0 Å². The van der Waals surface area contributed by atoms with Crippen LogP contribution in [0.25, 0.3) is 0 Å². The molecule has 20 heavy (non-hydrogen) atoms. The van der Waals surface area contributed by atoms with Crippen LogP contribution in [0.2, 0.25) is 0 Å². The lowest BCUT2D eigenvalue weighted by molar-refractivity contribution is -0.134. The van der Waals surface area contributed by atoms with Crippen molar-refractivity contribution in [2.24, 2.45) is 5.73 Å². The standard InChI is InChI=1S/C9H18FN3O5S2/c1-19(15,16)13-5-3-12(4-6-13)9(14)8(10)20(17,18)7-2-11/h8H,2-7,11H2,1H3. The number of hydrogen-bond donors (Lipinski definition) is 1. The summed E-state index contributed by atoms with van der Waals surface area (Å²) >= 11 is 0. The van der Waals surface area contributed by atoms with Crippen LogP contribution >= 0.6 is 0 Å². The van der Waals surface area contributed by atoms with E-state index < -0.39 is 37.0 Å². The first-order valence-electron chi connectivity index (χ1n) is 5.89.